The van der Waals surface area contributed by atoms with Gasteiger partial charge in [0, 0.05) is 12.5 Å². The first-order chi connectivity index (χ1) is 11.9. The minimum Gasteiger partial charge on any atom is -0.497 e. The maximum Gasteiger partial charge on any atom is 0.183 e. The van der Waals surface area contributed by atoms with E-state index in [1.54, 1.807) is 37.4 Å². The summed E-state index contributed by atoms with van der Waals surface area (Å²) < 4.78 is 36.9. The molecule has 0 spiro atoms. The minimum atomic E-state index is -3.55. The third-order valence-electron chi connectivity index (χ3n) is 4.74. The number of benzene rings is 2. The average molecular weight is 361 g/mol. The molecule has 1 aliphatic rings. The largest absolute Gasteiger partial charge is 0.497 e. The molecule has 0 aliphatic heterocycles. The van der Waals surface area contributed by atoms with Gasteiger partial charge in [-0.05, 0) is 36.8 Å². The average Bonchev–Trinajstić information content (AvgIpc) is 3.27. The number of hydrogen-bond acceptors (Lipinski definition) is 5. The van der Waals surface area contributed by atoms with Gasteiger partial charge < -0.3 is 15.2 Å². The summed E-state index contributed by atoms with van der Waals surface area (Å²) in [6.07, 6.45) is 0. The number of ether oxygens (including phenoxy) is 2. The molecule has 2 aromatic rings. The highest BCUT2D eigenvalue weighted by Crippen LogP contribution is 2.55. The zero-order valence-electron chi connectivity index (χ0n) is 14.4. The van der Waals surface area contributed by atoms with Gasteiger partial charge in [0.15, 0.2) is 9.84 Å². The number of sulfone groups is 1. The van der Waals surface area contributed by atoms with Crippen molar-refractivity contribution in [2.24, 2.45) is 5.73 Å². The van der Waals surface area contributed by atoms with Crippen molar-refractivity contribution < 1.29 is 17.9 Å². The predicted octanol–water partition coefficient (Wildman–Crippen LogP) is 2.37. The van der Waals surface area contributed by atoms with Crippen molar-refractivity contribution in [3.05, 3.63) is 60.2 Å². The topological polar surface area (TPSA) is 78.6 Å². The zero-order valence-corrected chi connectivity index (χ0v) is 15.2. The molecule has 1 fully saturated rings. The van der Waals surface area contributed by atoms with E-state index in [2.05, 4.69) is 0 Å². The Bertz CT molecular complexity index is 820. The van der Waals surface area contributed by atoms with Crippen LogP contribution in [0.2, 0.25) is 0 Å². The van der Waals surface area contributed by atoms with Gasteiger partial charge in [0.2, 0.25) is 0 Å². The van der Waals surface area contributed by atoms with Crippen LogP contribution in [0.3, 0.4) is 0 Å². The van der Waals surface area contributed by atoms with Crippen LogP contribution < -0.4 is 10.5 Å². The van der Waals surface area contributed by atoms with Crippen molar-refractivity contribution in [3.8, 4) is 5.75 Å². The number of hydrogen-bond donors (Lipinski definition) is 1. The van der Waals surface area contributed by atoms with E-state index >= 15 is 0 Å². The van der Waals surface area contributed by atoms with E-state index in [4.69, 9.17) is 15.2 Å². The summed E-state index contributed by atoms with van der Waals surface area (Å²) in [6.45, 7) is 2.57. The van der Waals surface area contributed by atoms with Gasteiger partial charge in [0.05, 0.1) is 29.4 Å². The summed E-state index contributed by atoms with van der Waals surface area (Å²) in [5.41, 5.74) is 6.46. The van der Waals surface area contributed by atoms with Crippen LogP contribution in [0.4, 0.5) is 0 Å². The summed E-state index contributed by atoms with van der Waals surface area (Å²) in [4.78, 5) is 0.294. The highest BCUT2D eigenvalue weighted by Gasteiger charge is 2.69. The molecule has 1 aliphatic carbocycles. The molecule has 0 aromatic heterocycles. The summed E-state index contributed by atoms with van der Waals surface area (Å²) in [6, 6.07) is 15.8. The van der Waals surface area contributed by atoms with Crippen molar-refractivity contribution >= 4 is 9.84 Å². The van der Waals surface area contributed by atoms with Crippen LogP contribution in [0.5, 0.6) is 5.75 Å². The highest BCUT2D eigenvalue weighted by atomic mass is 32.2. The first-order valence-electron chi connectivity index (χ1n) is 8.24. The molecule has 3 rings (SSSR count). The third kappa shape index (κ3) is 3.17. The molecule has 5 nitrogen and oxygen atoms in total. The molecular formula is C19H23NO4S. The van der Waals surface area contributed by atoms with E-state index in [0.717, 1.165) is 11.3 Å². The van der Waals surface area contributed by atoms with Gasteiger partial charge in [-0.3, -0.25) is 0 Å². The summed E-state index contributed by atoms with van der Waals surface area (Å²) in [5, 5.41) is -0.706. The fourth-order valence-electron chi connectivity index (χ4n) is 3.39. The molecule has 2 N–H and O–H groups in total. The Morgan fingerprint density at radius 2 is 1.72 bits per heavy atom. The monoisotopic (exact) mass is 361 g/mol. The van der Waals surface area contributed by atoms with Crippen LogP contribution in [-0.4, -0.2) is 39.5 Å². The molecule has 2 aromatic carbocycles. The Labute approximate surface area is 148 Å². The third-order valence-corrected chi connectivity index (χ3v) is 7.05. The Balaban J connectivity index is 1.97. The maximum atomic E-state index is 13.1. The van der Waals surface area contributed by atoms with Crippen LogP contribution in [0.25, 0.3) is 0 Å². The summed E-state index contributed by atoms with van der Waals surface area (Å²) >= 11 is 0. The van der Waals surface area contributed by atoms with Crippen molar-refractivity contribution in [3.63, 3.8) is 0 Å². The highest BCUT2D eigenvalue weighted by molar-refractivity contribution is 7.92. The first kappa shape index (κ1) is 17.9. The molecule has 134 valence electrons. The molecule has 0 radical (unpaired) electrons. The second-order valence-electron chi connectivity index (χ2n) is 6.28. The maximum absolute atomic E-state index is 13.1. The standard InChI is InChI=1S/C19H23NO4S/c1-3-24-13-19(20)17(14-9-11-15(23-2)12-10-14)18(19)25(21,22)16-7-5-4-6-8-16/h4-12,17-18H,3,13,20H2,1-2H3/t17-,18+,19-/m0/s1. The van der Waals surface area contributed by atoms with E-state index < -0.39 is 20.6 Å². The fraction of sp³-hybridized carbons (Fsp3) is 0.368. The Morgan fingerprint density at radius 1 is 1.08 bits per heavy atom. The van der Waals surface area contributed by atoms with E-state index in [1.807, 2.05) is 31.2 Å². The van der Waals surface area contributed by atoms with Crippen molar-refractivity contribution in [1.82, 2.24) is 0 Å². The first-order valence-corrected chi connectivity index (χ1v) is 9.79. The van der Waals surface area contributed by atoms with Gasteiger partial charge in [-0.15, -0.1) is 0 Å². The minimum absolute atomic E-state index is 0.205. The molecule has 0 amide bonds. The Hall–Kier alpha value is -1.89. The molecule has 0 bridgehead atoms. The summed E-state index contributed by atoms with van der Waals surface area (Å²) in [7, 11) is -1.96. The van der Waals surface area contributed by atoms with Gasteiger partial charge in [0.25, 0.3) is 0 Å². The molecule has 0 unspecified atom stereocenters. The molecule has 0 heterocycles. The van der Waals surface area contributed by atoms with E-state index in [0.29, 0.717) is 11.5 Å². The smallest absolute Gasteiger partial charge is 0.183 e. The van der Waals surface area contributed by atoms with Crippen LogP contribution in [-0.2, 0) is 14.6 Å². The van der Waals surface area contributed by atoms with Crippen LogP contribution >= 0.6 is 0 Å². The lowest BCUT2D eigenvalue weighted by Gasteiger charge is -2.12. The SMILES string of the molecule is CCOC[C@@]1(N)[C@H](S(=O)(=O)c2ccccc2)[C@@H]1c1ccc(OC)cc1. The molecular weight excluding hydrogens is 338 g/mol. The van der Waals surface area contributed by atoms with Gasteiger partial charge in [-0.2, -0.15) is 0 Å². The Morgan fingerprint density at radius 3 is 2.28 bits per heavy atom. The number of methoxy groups -OCH3 is 1. The predicted molar refractivity (Wildman–Crippen MR) is 96.6 cm³/mol. The molecule has 1 saturated carbocycles. The van der Waals surface area contributed by atoms with E-state index in [1.165, 1.54) is 0 Å². The van der Waals surface area contributed by atoms with Gasteiger partial charge >= 0.3 is 0 Å². The molecule has 3 atom stereocenters. The fourth-order valence-corrected chi connectivity index (χ4v) is 5.71. The van der Waals surface area contributed by atoms with Gasteiger partial charge in [0.1, 0.15) is 5.75 Å². The van der Waals surface area contributed by atoms with Crippen molar-refractivity contribution in [2.45, 2.75) is 28.5 Å². The van der Waals surface area contributed by atoms with E-state index in [-0.39, 0.29) is 12.5 Å². The lowest BCUT2D eigenvalue weighted by atomic mass is 10.1. The van der Waals surface area contributed by atoms with Crippen LogP contribution in [0.15, 0.2) is 59.5 Å². The van der Waals surface area contributed by atoms with E-state index in [9.17, 15) is 8.42 Å². The lowest BCUT2D eigenvalue weighted by molar-refractivity contribution is 0.125. The van der Waals surface area contributed by atoms with Crippen molar-refractivity contribution in [1.29, 1.82) is 0 Å². The van der Waals surface area contributed by atoms with Crippen LogP contribution in [0.1, 0.15) is 18.4 Å². The number of rotatable bonds is 7. The lowest BCUT2D eigenvalue weighted by Crippen LogP contribution is -2.36. The van der Waals surface area contributed by atoms with Crippen molar-refractivity contribution in [2.75, 3.05) is 20.3 Å². The molecule has 6 heteroatoms. The normalized spacial score (nSPS) is 25.6. The van der Waals surface area contributed by atoms with Crippen LogP contribution in [0, 0.1) is 0 Å². The second-order valence-corrected chi connectivity index (χ2v) is 8.35. The zero-order chi connectivity index (χ0) is 18.1. The van der Waals surface area contributed by atoms with Gasteiger partial charge in [-0.25, -0.2) is 8.42 Å². The second kappa shape index (κ2) is 6.78. The quantitative estimate of drug-likeness (QED) is 0.819. The summed E-state index contributed by atoms with van der Waals surface area (Å²) in [5.74, 6) is 0.412. The molecule has 0 saturated heterocycles. The molecule has 25 heavy (non-hydrogen) atoms. The number of nitrogens with two attached hydrogens (primary N) is 1. The Kier molecular flexibility index (Phi) is 4.86. The van der Waals surface area contributed by atoms with Gasteiger partial charge in [-0.1, -0.05) is 30.3 Å².